The zero-order valence-corrected chi connectivity index (χ0v) is 17.2. The summed E-state index contributed by atoms with van der Waals surface area (Å²) in [5.41, 5.74) is -0.0527. The Hall–Kier alpha value is -3.74. The van der Waals surface area contributed by atoms with Gasteiger partial charge in [0.2, 0.25) is 0 Å². The number of carbonyl (C=O) groups is 1. The SMILES string of the molecule is O=C(Nc1ccc(OC(F)(F)F)cc1)Nc1cn(Cc2ccc(C(F)(F)F)cc2)c(CCO)n1. The van der Waals surface area contributed by atoms with Crippen molar-refractivity contribution in [1.29, 1.82) is 0 Å². The molecule has 0 saturated carbocycles. The van der Waals surface area contributed by atoms with E-state index in [1.807, 2.05) is 0 Å². The summed E-state index contributed by atoms with van der Waals surface area (Å²) in [5.74, 6) is 0.0327. The van der Waals surface area contributed by atoms with E-state index >= 15 is 0 Å². The van der Waals surface area contributed by atoms with Crippen molar-refractivity contribution in [3.05, 3.63) is 71.7 Å². The highest BCUT2D eigenvalue weighted by atomic mass is 19.4. The number of halogens is 6. The van der Waals surface area contributed by atoms with E-state index in [1.54, 1.807) is 4.57 Å². The Bertz CT molecular complexity index is 1110. The van der Waals surface area contributed by atoms with E-state index in [2.05, 4.69) is 20.4 Å². The zero-order chi connectivity index (χ0) is 24.9. The fraction of sp³-hybridized carbons (Fsp3) is 0.238. The lowest BCUT2D eigenvalue weighted by Crippen LogP contribution is -2.20. The minimum absolute atomic E-state index is 0.102. The summed E-state index contributed by atoms with van der Waals surface area (Å²) >= 11 is 0. The number of ether oxygens (including phenoxy) is 1. The molecular formula is C21H18F6N4O3. The summed E-state index contributed by atoms with van der Waals surface area (Å²) in [7, 11) is 0. The van der Waals surface area contributed by atoms with Gasteiger partial charge in [0.05, 0.1) is 12.2 Å². The van der Waals surface area contributed by atoms with Crippen molar-refractivity contribution < 1.29 is 41.0 Å². The Balaban J connectivity index is 1.66. The van der Waals surface area contributed by atoms with E-state index in [1.165, 1.54) is 30.5 Å². The second-order valence-corrected chi connectivity index (χ2v) is 6.99. The van der Waals surface area contributed by atoms with Crippen LogP contribution in [0.5, 0.6) is 5.75 Å². The number of rotatable bonds is 7. The number of nitrogens with one attached hydrogen (secondary N) is 2. The fourth-order valence-corrected chi connectivity index (χ4v) is 2.97. The van der Waals surface area contributed by atoms with Crippen molar-refractivity contribution in [1.82, 2.24) is 9.55 Å². The number of imidazole rings is 1. The molecule has 3 rings (SSSR count). The highest BCUT2D eigenvalue weighted by Gasteiger charge is 2.31. The molecule has 0 unspecified atom stereocenters. The van der Waals surface area contributed by atoms with Gasteiger partial charge >= 0.3 is 18.6 Å². The van der Waals surface area contributed by atoms with E-state index in [4.69, 9.17) is 0 Å². The molecule has 3 N–H and O–H groups in total. The number of aromatic nitrogens is 2. The van der Waals surface area contributed by atoms with Crippen molar-refractivity contribution in [2.24, 2.45) is 0 Å². The largest absolute Gasteiger partial charge is 0.573 e. The molecule has 7 nitrogen and oxygen atoms in total. The number of hydrogen-bond acceptors (Lipinski definition) is 4. The van der Waals surface area contributed by atoms with E-state index < -0.39 is 29.9 Å². The highest BCUT2D eigenvalue weighted by molar-refractivity contribution is 5.99. The number of hydrogen-bond donors (Lipinski definition) is 3. The number of aliphatic hydroxyl groups excluding tert-OH is 1. The van der Waals surface area contributed by atoms with Crippen LogP contribution in [0, 0.1) is 0 Å². The van der Waals surface area contributed by atoms with Gasteiger partial charge in [0.15, 0.2) is 5.82 Å². The van der Waals surface area contributed by atoms with E-state index in [0.717, 1.165) is 24.3 Å². The molecule has 182 valence electrons. The minimum atomic E-state index is -4.84. The van der Waals surface area contributed by atoms with Gasteiger partial charge in [-0.3, -0.25) is 5.32 Å². The summed E-state index contributed by atoms with van der Waals surface area (Å²) in [4.78, 5) is 16.4. The maximum Gasteiger partial charge on any atom is 0.573 e. The molecule has 0 atom stereocenters. The average molecular weight is 488 g/mol. The van der Waals surface area contributed by atoms with Crippen molar-refractivity contribution in [3.63, 3.8) is 0 Å². The molecule has 0 aliphatic carbocycles. The number of aliphatic hydroxyl groups is 1. The van der Waals surface area contributed by atoms with Crippen molar-refractivity contribution >= 4 is 17.5 Å². The number of urea groups is 1. The molecule has 0 bridgehead atoms. The highest BCUT2D eigenvalue weighted by Crippen LogP contribution is 2.29. The maximum absolute atomic E-state index is 12.7. The normalized spacial score (nSPS) is 11.9. The summed E-state index contributed by atoms with van der Waals surface area (Å²) in [5, 5.41) is 14.1. The standard InChI is InChI=1S/C21H18F6N4O3/c22-20(23,24)14-3-1-13(2-4-14)11-31-12-17(29-18(31)9-10-32)30-19(33)28-15-5-7-16(8-6-15)34-21(25,26)27/h1-8,12,32H,9-11H2,(H2,28,30,33). The molecule has 2 amide bonds. The molecule has 1 aromatic heterocycles. The molecule has 0 aliphatic heterocycles. The van der Waals surface area contributed by atoms with Crippen LogP contribution in [0.25, 0.3) is 0 Å². The van der Waals surface area contributed by atoms with Gasteiger partial charge in [-0.2, -0.15) is 13.2 Å². The molecule has 0 spiro atoms. The molecule has 0 radical (unpaired) electrons. The van der Waals surface area contributed by atoms with Crippen LogP contribution >= 0.6 is 0 Å². The van der Waals surface area contributed by atoms with Gasteiger partial charge in [-0.1, -0.05) is 12.1 Å². The summed E-state index contributed by atoms with van der Waals surface area (Å²) < 4.78 is 80.2. The topological polar surface area (TPSA) is 88.4 Å². The van der Waals surface area contributed by atoms with Crippen molar-refractivity contribution in [2.75, 3.05) is 17.2 Å². The van der Waals surface area contributed by atoms with Crippen LogP contribution in [0.1, 0.15) is 17.0 Å². The van der Waals surface area contributed by atoms with Crippen molar-refractivity contribution in [2.45, 2.75) is 25.5 Å². The first-order valence-electron chi connectivity index (χ1n) is 9.70. The van der Waals surface area contributed by atoms with Gasteiger partial charge in [0.1, 0.15) is 11.6 Å². The first kappa shape index (κ1) is 24.9. The fourth-order valence-electron chi connectivity index (χ4n) is 2.97. The first-order valence-corrected chi connectivity index (χ1v) is 9.70. The predicted octanol–water partition coefficient (Wildman–Crippen LogP) is 5.03. The van der Waals surface area contributed by atoms with E-state index in [-0.39, 0.29) is 31.1 Å². The van der Waals surface area contributed by atoms with Gasteiger partial charge in [0, 0.05) is 24.8 Å². The lowest BCUT2D eigenvalue weighted by Gasteiger charge is -2.10. The number of amides is 2. The van der Waals surface area contributed by atoms with Gasteiger partial charge in [-0.05, 0) is 42.0 Å². The van der Waals surface area contributed by atoms with Crippen LogP contribution in [0.3, 0.4) is 0 Å². The summed E-state index contributed by atoms with van der Waals surface area (Å²) in [6.07, 6.45) is -7.71. The molecule has 1 heterocycles. The Morgan fingerprint density at radius 2 is 1.62 bits per heavy atom. The number of nitrogens with zero attached hydrogens (tertiary/aromatic N) is 2. The van der Waals surface area contributed by atoms with Crippen LogP contribution in [0.4, 0.5) is 42.6 Å². The Labute approximate surface area is 189 Å². The molecular weight excluding hydrogens is 470 g/mol. The van der Waals surface area contributed by atoms with Crippen LogP contribution in [0.15, 0.2) is 54.7 Å². The molecule has 0 saturated heterocycles. The second kappa shape index (κ2) is 10.0. The number of benzene rings is 2. The summed E-state index contributed by atoms with van der Waals surface area (Å²) in [6, 6.07) is 8.28. The van der Waals surface area contributed by atoms with E-state index in [0.29, 0.717) is 11.4 Å². The first-order chi connectivity index (χ1) is 15.9. The molecule has 34 heavy (non-hydrogen) atoms. The molecule has 3 aromatic rings. The molecule has 0 aliphatic rings. The lowest BCUT2D eigenvalue weighted by atomic mass is 10.1. The van der Waals surface area contributed by atoms with Gasteiger partial charge in [0.25, 0.3) is 0 Å². The maximum atomic E-state index is 12.7. The van der Waals surface area contributed by atoms with Gasteiger partial charge in [-0.25, -0.2) is 9.78 Å². The quantitative estimate of drug-likeness (QED) is 0.407. The van der Waals surface area contributed by atoms with Crippen LogP contribution in [0.2, 0.25) is 0 Å². The molecule has 0 fully saturated rings. The Kier molecular flexibility index (Phi) is 7.35. The van der Waals surface area contributed by atoms with Gasteiger partial charge < -0.3 is 19.7 Å². The third-order valence-electron chi connectivity index (χ3n) is 4.42. The van der Waals surface area contributed by atoms with Crippen LogP contribution in [-0.4, -0.2) is 33.7 Å². The van der Waals surface area contributed by atoms with Gasteiger partial charge in [-0.15, -0.1) is 13.2 Å². The predicted molar refractivity (Wildman–Crippen MR) is 109 cm³/mol. The average Bonchev–Trinajstić information content (AvgIpc) is 3.09. The van der Waals surface area contributed by atoms with Crippen LogP contribution < -0.4 is 15.4 Å². The lowest BCUT2D eigenvalue weighted by molar-refractivity contribution is -0.274. The second-order valence-electron chi connectivity index (χ2n) is 6.99. The monoisotopic (exact) mass is 488 g/mol. The summed E-state index contributed by atoms with van der Waals surface area (Å²) in [6.45, 7) is -0.105. The van der Waals surface area contributed by atoms with E-state index in [9.17, 15) is 36.2 Å². The molecule has 2 aromatic carbocycles. The third-order valence-corrected chi connectivity index (χ3v) is 4.42. The number of alkyl halides is 6. The molecule has 13 heteroatoms. The zero-order valence-electron chi connectivity index (χ0n) is 17.2. The Morgan fingerprint density at radius 3 is 2.18 bits per heavy atom. The minimum Gasteiger partial charge on any atom is -0.406 e. The van der Waals surface area contributed by atoms with Crippen molar-refractivity contribution in [3.8, 4) is 5.75 Å². The number of carbonyl (C=O) groups excluding carboxylic acids is 1. The smallest absolute Gasteiger partial charge is 0.406 e. The number of anilines is 2. The Morgan fingerprint density at radius 1 is 0.971 bits per heavy atom. The third kappa shape index (κ3) is 7.13. The van der Waals surface area contributed by atoms with Crippen LogP contribution in [-0.2, 0) is 19.1 Å².